The molecule has 0 bridgehead atoms. The fraction of sp³-hybridized carbons (Fsp3) is 0.462. The van der Waals surface area contributed by atoms with E-state index < -0.39 is 26.8 Å². The lowest BCUT2D eigenvalue weighted by molar-refractivity contribution is -0.142. The number of carbonyl (C=O) groups is 1. The number of hydrogen-bond acceptors (Lipinski definition) is 4. The number of sulfonamides is 1. The molecule has 1 saturated heterocycles. The Kier molecular flexibility index (Phi) is 4.91. The molecule has 1 aromatic rings. The summed E-state index contributed by atoms with van der Waals surface area (Å²) in [6, 6.07) is 5.37. The molecular weight excluding hydrogens is 425 g/mol. The zero-order valence-corrected chi connectivity index (χ0v) is 15.4. The fourth-order valence-electron chi connectivity index (χ4n) is 2.37. The van der Waals surface area contributed by atoms with E-state index >= 15 is 0 Å². The molecule has 1 aromatic carbocycles. The Labute approximate surface area is 142 Å². The van der Waals surface area contributed by atoms with Crippen LogP contribution in [0.5, 0.6) is 0 Å². The summed E-state index contributed by atoms with van der Waals surface area (Å²) in [5, 5.41) is 9.48. The first kappa shape index (κ1) is 17.0. The van der Waals surface area contributed by atoms with Crippen LogP contribution >= 0.6 is 34.4 Å². The number of carboxylic acid groups (broad SMARTS) is 1. The lowest BCUT2D eigenvalue weighted by atomic mass is 10.0. The molecule has 8 heteroatoms. The number of carboxylic acids is 1. The number of rotatable bonds is 3. The third kappa shape index (κ3) is 3.38. The monoisotopic (exact) mass is 441 g/mol. The maximum Gasteiger partial charge on any atom is 0.323 e. The Balaban J connectivity index is 2.46. The van der Waals surface area contributed by atoms with Gasteiger partial charge in [0.15, 0.2) is 0 Å². The highest BCUT2D eigenvalue weighted by Crippen LogP contribution is 2.38. The summed E-state index contributed by atoms with van der Waals surface area (Å²) in [5.41, 5.74) is 0. The molecule has 1 N–H and O–H groups in total. The molecule has 1 fully saturated rings. The predicted molar refractivity (Wildman–Crippen MR) is 91.0 cm³/mol. The Morgan fingerprint density at radius 2 is 1.95 bits per heavy atom. The molecule has 21 heavy (non-hydrogen) atoms. The highest BCUT2D eigenvalue weighted by atomic mass is 127. The molecule has 0 aromatic heterocycles. The second-order valence-electron chi connectivity index (χ2n) is 5.26. The van der Waals surface area contributed by atoms with Crippen LogP contribution in [0.3, 0.4) is 0 Å². The van der Waals surface area contributed by atoms with Crippen LogP contribution in [-0.4, -0.2) is 46.9 Å². The first-order valence-electron chi connectivity index (χ1n) is 6.30. The Morgan fingerprint density at radius 3 is 2.48 bits per heavy atom. The van der Waals surface area contributed by atoms with Crippen molar-refractivity contribution in [3.05, 3.63) is 27.8 Å². The molecule has 1 heterocycles. The van der Waals surface area contributed by atoms with Gasteiger partial charge in [0, 0.05) is 20.6 Å². The number of hydrogen-bond donors (Lipinski definition) is 1. The fourth-order valence-corrected chi connectivity index (χ4v) is 5.83. The molecule has 1 aliphatic rings. The van der Waals surface area contributed by atoms with E-state index in [4.69, 9.17) is 0 Å². The van der Waals surface area contributed by atoms with Crippen LogP contribution in [0.1, 0.15) is 13.8 Å². The van der Waals surface area contributed by atoms with Gasteiger partial charge in [-0.25, -0.2) is 8.42 Å². The van der Waals surface area contributed by atoms with Crippen LogP contribution in [0.2, 0.25) is 0 Å². The highest BCUT2D eigenvalue weighted by Gasteiger charge is 2.48. The van der Waals surface area contributed by atoms with Crippen molar-refractivity contribution in [2.45, 2.75) is 29.5 Å². The molecule has 116 valence electrons. The number of thioether (sulfide) groups is 1. The molecule has 0 aliphatic carbocycles. The van der Waals surface area contributed by atoms with Crippen LogP contribution in [0, 0.1) is 3.57 Å². The van der Waals surface area contributed by atoms with E-state index in [9.17, 15) is 18.3 Å². The Bertz CT molecular complexity index is 643. The maximum atomic E-state index is 12.8. The lowest BCUT2D eigenvalue weighted by Gasteiger charge is -2.42. The molecule has 1 aliphatic heterocycles. The third-order valence-corrected chi connectivity index (χ3v) is 7.34. The summed E-state index contributed by atoms with van der Waals surface area (Å²) in [4.78, 5) is 11.7. The topological polar surface area (TPSA) is 74.7 Å². The van der Waals surface area contributed by atoms with Gasteiger partial charge in [-0.1, -0.05) is 0 Å². The smallest absolute Gasteiger partial charge is 0.323 e. The molecular formula is C13H16INO4S2. The normalized spacial score (nSPS) is 22.9. The average Bonchev–Trinajstić information content (AvgIpc) is 2.37. The van der Waals surface area contributed by atoms with Crippen LogP contribution in [-0.2, 0) is 14.8 Å². The van der Waals surface area contributed by atoms with Crippen LogP contribution in [0.25, 0.3) is 0 Å². The van der Waals surface area contributed by atoms with Gasteiger partial charge in [-0.15, -0.1) is 0 Å². The standard InChI is InChI=1S/C13H16INO4S2/c1-13(2)11(12(16)17)15(7-8-20-13)21(18,19)10-5-3-9(14)4-6-10/h3-6,11H,7-8H2,1-2H3,(H,16,17)/t11-/m0/s1. The molecule has 5 nitrogen and oxygen atoms in total. The van der Waals surface area contributed by atoms with E-state index in [-0.39, 0.29) is 11.4 Å². The summed E-state index contributed by atoms with van der Waals surface area (Å²) < 4.78 is 26.9. The first-order valence-corrected chi connectivity index (χ1v) is 9.81. The third-order valence-electron chi connectivity index (χ3n) is 3.39. The molecule has 0 unspecified atom stereocenters. The summed E-state index contributed by atoms with van der Waals surface area (Å²) in [6.45, 7) is 3.75. The molecule has 0 saturated carbocycles. The summed E-state index contributed by atoms with van der Waals surface area (Å²) in [6.07, 6.45) is 0. The first-order chi connectivity index (χ1) is 9.66. The Morgan fingerprint density at radius 1 is 1.38 bits per heavy atom. The summed E-state index contributed by atoms with van der Waals surface area (Å²) in [5.74, 6) is -0.526. The second-order valence-corrected chi connectivity index (χ2v) is 10.1. The van der Waals surface area contributed by atoms with Crippen molar-refractivity contribution in [2.24, 2.45) is 0 Å². The molecule has 2 rings (SSSR count). The molecule has 0 amide bonds. The van der Waals surface area contributed by atoms with Crippen molar-refractivity contribution in [3.63, 3.8) is 0 Å². The van der Waals surface area contributed by atoms with Crippen LogP contribution in [0.4, 0.5) is 0 Å². The number of benzene rings is 1. The lowest BCUT2D eigenvalue weighted by Crippen LogP contribution is -2.58. The van der Waals surface area contributed by atoms with Crippen molar-refractivity contribution in [1.82, 2.24) is 4.31 Å². The van der Waals surface area contributed by atoms with E-state index in [0.29, 0.717) is 5.75 Å². The van der Waals surface area contributed by atoms with Gasteiger partial charge in [0.05, 0.1) is 4.90 Å². The minimum Gasteiger partial charge on any atom is -0.480 e. The average molecular weight is 441 g/mol. The zero-order valence-electron chi connectivity index (χ0n) is 11.6. The minimum atomic E-state index is -3.81. The highest BCUT2D eigenvalue weighted by molar-refractivity contribution is 14.1. The van der Waals surface area contributed by atoms with Crippen molar-refractivity contribution >= 4 is 50.3 Å². The number of nitrogens with zero attached hydrogens (tertiary/aromatic N) is 1. The van der Waals surface area contributed by atoms with Crippen molar-refractivity contribution < 1.29 is 18.3 Å². The Hall–Kier alpha value is -0.320. The van der Waals surface area contributed by atoms with Gasteiger partial charge in [-0.05, 0) is 60.7 Å². The SMILES string of the molecule is CC1(C)SCCN(S(=O)(=O)c2ccc(I)cc2)[C@H]1C(=O)O. The molecule has 0 radical (unpaired) electrons. The van der Waals surface area contributed by atoms with Gasteiger partial charge in [0.2, 0.25) is 10.0 Å². The summed E-state index contributed by atoms with van der Waals surface area (Å²) in [7, 11) is -3.81. The van der Waals surface area contributed by atoms with Gasteiger partial charge in [-0.2, -0.15) is 16.1 Å². The van der Waals surface area contributed by atoms with E-state index in [1.54, 1.807) is 26.0 Å². The van der Waals surface area contributed by atoms with Gasteiger partial charge >= 0.3 is 5.97 Å². The van der Waals surface area contributed by atoms with Crippen molar-refractivity contribution in [3.8, 4) is 0 Å². The number of halogens is 1. The van der Waals surface area contributed by atoms with Gasteiger partial charge in [-0.3, -0.25) is 4.79 Å². The van der Waals surface area contributed by atoms with Gasteiger partial charge in [0.1, 0.15) is 6.04 Å². The van der Waals surface area contributed by atoms with E-state index in [2.05, 4.69) is 22.6 Å². The van der Waals surface area contributed by atoms with Crippen LogP contribution < -0.4 is 0 Å². The van der Waals surface area contributed by atoms with E-state index in [1.165, 1.54) is 23.9 Å². The van der Waals surface area contributed by atoms with Crippen LogP contribution in [0.15, 0.2) is 29.2 Å². The van der Waals surface area contributed by atoms with E-state index in [0.717, 1.165) is 7.88 Å². The second kappa shape index (κ2) is 6.05. The van der Waals surface area contributed by atoms with Crippen molar-refractivity contribution in [2.75, 3.05) is 12.3 Å². The number of aliphatic carboxylic acids is 1. The largest absolute Gasteiger partial charge is 0.480 e. The van der Waals surface area contributed by atoms with E-state index in [1.807, 2.05) is 0 Å². The molecule has 1 atom stereocenters. The summed E-state index contributed by atoms with van der Waals surface area (Å²) >= 11 is 3.58. The zero-order chi connectivity index (χ0) is 15.8. The minimum absolute atomic E-state index is 0.136. The van der Waals surface area contributed by atoms with Crippen molar-refractivity contribution in [1.29, 1.82) is 0 Å². The maximum absolute atomic E-state index is 12.8. The van der Waals surface area contributed by atoms with Gasteiger partial charge in [0.25, 0.3) is 0 Å². The predicted octanol–water partition coefficient (Wildman–Crippen LogP) is 2.26. The molecule has 0 spiro atoms. The van der Waals surface area contributed by atoms with Gasteiger partial charge < -0.3 is 5.11 Å². The quantitative estimate of drug-likeness (QED) is 0.729.